The fourth-order valence-corrected chi connectivity index (χ4v) is 4.57. The van der Waals surface area contributed by atoms with Crippen LogP contribution in [0.4, 0.5) is 17.6 Å². The summed E-state index contributed by atoms with van der Waals surface area (Å²) >= 11 is 6.01. The maximum absolute atomic E-state index is 14.3. The Labute approximate surface area is 235 Å². The van der Waals surface area contributed by atoms with Crippen molar-refractivity contribution in [2.24, 2.45) is 0 Å². The van der Waals surface area contributed by atoms with E-state index in [4.69, 9.17) is 30.2 Å². The van der Waals surface area contributed by atoms with Gasteiger partial charge in [-0.15, -0.1) is 0 Å². The van der Waals surface area contributed by atoms with E-state index in [1.807, 2.05) is 0 Å². The molecule has 0 aliphatic carbocycles. The number of aryl methyl sites for hydroxylation is 1. The molecule has 0 saturated carbocycles. The molecule has 0 radical (unpaired) electrons. The first-order valence-electron chi connectivity index (χ1n) is 12.5. The van der Waals surface area contributed by atoms with Gasteiger partial charge in [-0.05, 0) is 67.1 Å². The molecule has 2 heterocycles. The number of benzene rings is 3. The van der Waals surface area contributed by atoms with Gasteiger partial charge in [0, 0.05) is 5.02 Å². The number of morpholine rings is 1. The fraction of sp³-hybridized carbons (Fsp3) is 0.241. The monoisotopic (exact) mass is 592 g/mol. The zero-order valence-electron chi connectivity index (χ0n) is 21.6. The molecule has 3 aromatic carbocycles. The fourth-order valence-electron chi connectivity index (χ4n) is 4.45. The van der Waals surface area contributed by atoms with Crippen molar-refractivity contribution >= 4 is 28.5 Å². The Hall–Kier alpha value is -3.93. The van der Waals surface area contributed by atoms with Gasteiger partial charge in [0.2, 0.25) is 11.2 Å². The van der Waals surface area contributed by atoms with Gasteiger partial charge in [-0.3, -0.25) is 4.79 Å². The second-order valence-corrected chi connectivity index (χ2v) is 9.86. The summed E-state index contributed by atoms with van der Waals surface area (Å²) in [7, 11) is 0. The Morgan fingerprint density at radius 1 is 1.05 bits per heavy atom. The lowest BCUT2D eigenvalue weighted by Gasteiger charge is -2.25. The highest BCUT2D eigenvalue weighted by molar-refractivity contribution is 6.31. The Morgan fingerprint density at radius 3 is 2.41 bits per heavy atom. The van der Waals surface area contributed by atoms with Crippen molar-refractivity contribution in [3.63, 3.8) is 0 Å². The number of nitrogens with one attached hydrogen (secondary N) is 1. The summed E-state index contributed by atoms with van der Waals surface area (Å²) in [5, 5.41) is 0.180. The van der Waals surface area contributed by atoms with Gasteiger partial charge < -0.3 is 23.5 Å². The number of quaternary nitrogens is 1. The molecule has 214 valence electrons. The molecular formula is C29H23ClF4NO6+. The third-order valence-electron chi connectivity index (χ3n) is 6.59. The van der Waals surface area contributed by atoms with E-state index in [-0.39, 0.29) is 40.1 Å². The van der Waals surface area contributed by atoms with Gasteiger partial charge in [-0.25, -0.2) is 9.18 Å². The lowest BCUT2D eigenvalue weighted by atomic mass is 10.1. The smallest absolute Gasteiger partial charge is 0.449 e. The number of hydrogen-bond donors (Lipinski definition) is 1. The average molecular weight is 593 g/mol. The number of esters is 1. The molecule has 7 nitrogen and oxygen atoms in total. The predicted octanol–water partition coefficient (Wildman–Crippen LogP) is 5.34. The second-order valence-electron chi connectivity index (χ2n) is 9.45. The topological polar surface area (TPSA) is 79.4 Å². The van der Waals surface area contributed by atoms with Crippen LogP contribution in [0.2, 0.25) is 5.02 Å². The summed E-state index contributed by atoms with van der Waals surface area (Å²) in [5.41, 5.74) is -0.792. The van der Waals surface area contributed by atoms with Crippen molar-refractivity contribution < 1.29 is 45.9 Å². The lowest BCUT2D eigenvalue weighted by Crippen LogP contribution is -3.12. The van der Waals surface area contributed by atoms with Gasteiger partial charge in [0.05, 0.1) is 29.7 Å². The molecule has 12 heteroatoms. The average Bonchev–Trinajstić information content (AvgIpc) is 2.93. The molecule has 1 aliphatic rings. The molecule has 1 aliphatic heterocycles. The SMILES string of the molecule is Cc1cc(Oc2c(C(F)(F)F)oc3c(C[NH+]4CCOCC4)c(OC(=O)c4ccc(F)cc4)ccc3c2=O)ccc1Cl. The molecule has 0 spiro atoms. The highest BCUT2D eigenvalue weighted by atomic mass is 35.5. The van der Waals surface area contributed by atoms with E-state index in [2.05, 4.69) is 0 Å². The van der Waals surface area contributed by atoms with Crippen molar-refractivity contribution in [1.82, 2.24) is 0 Å². The summed E-state index contributed by atoms with van der Waals surface area (Å²) in [5.74, 6) is -4.22. The molecule has 1 N–H and O–H groups in total. The number of alkyl halides is 3. The van der Waals surface area contributed by atoms with Crippen LogP contribution in [-0.2, 0) is 17.5 Å². The normalized spacial score (nSPS) is 14.3. The van der Waals surface area contributed by atoms with Crippen LogP contribution in [0.5, 0.6) is 17.2 Å². The summed E-state index contributed by atoms with van der Waals surface area (Å²) < 4.78 is 78.0. The van der Waals surface area contributed by atoms with Crippen LogP contribution in [0.25, 0.3) is 11.0 Å². The number of carbonyl (C=O) groups is 1. The van der Waals surface area contributed by atoms with Crippen LogP contribution in [0.3, 0.4) is 0 Å². The molecule has 1 saturated heterocycles. The zero-order chi connectivity index (χ0) is 29.3. The third-order valence-corrected chi connectivity index (χ3v) is 7.02. The lowest BCUT2D eigenvalue weighted by molar-refractivity contribution is -0.921. The Bertz CT molecular complexity index is 1660. The predicted molar refractivity (Wildman–Crippen MR) is 140 cm³/mol. The Kier molecular flexibility index (Phi) is 8.03. The van der Waals surface area contributed by atoms with E-state index in [0.717, 1.165) is 17.0 Å². The minimum Gasteiger partial charge on any atom is -0.449 e. The van der Waals surface area contributed by atoms with Crippen molar-refractivity contribution in [1.29, 1.82) is 0 Å². The van der Waals surface area contributed by atoms with Crippen molar-refractivity contribution in [3.8, 4) is 17.2 Å². The molecule has 1 aromatic heterocycles. The summed E-state index contributed by atoms with van der Waals surface area (Å²) in [6.07, 6.45) is -5.10. The van der Waals surface area contributed by atoms with Gasteiger partial charge >= 0.3 is 12.1 Å². The minimum atomic E-state index is -5.10. The van der Waals surface area contributed by atoms with E-state index in [1.165, 1.54) is 42.5 Å². The van der Waals surface area contributed by atoms with E-state index in [0.29, 0.717) is 36.9 Å². The minimum absolute atomic E-state index is 0.0237. The van der Waals surface area contributed by atoms with Crippen molar-refractivity contribution in [2.45, 2.75) is 19.6 Å². The first kappa shape index (κ1) is 28.6. The molecule has 0 unspecified atom stereocenters. The number of carbonyl (C=O) groups excluding carboxylic acids is 1. The number of rotatable bonds is 6. The highest BCUT2D eigenvalue weighted by Crippen LogP contribution is 2.40. The summed E-state index contributed by atoms with van der Waals surface area (Å²) in [4.78, 5) is 27.2. The Balaban J connectivity index is 1.65. The number of halogens is 5. The van der Waals surface area contributed by atoms with Crippen molar-refractivity contribution in [2.75, 3.05) is 26.3 Å². The number of ether oxygens (including phenoxy) is 3. The van der Waals surface area contributed by atoms with Crippen LogP contribution < -0.4 is 19.8 Å². The van der Waals surface area contributed by atoms with Gasteiger partial charge in [0.15, 0.2) is 5.58 Å². The first-order valence-corrected chi connectivity index (χ1v) is 12.9. The maximum atomic E-state index is 14.3. The number of hydrogen-bond acceptors (Lipinski definition) is 6. The highest BCUT2D eigenvalue weighted by Gasteiger charge is 2.41. The molecular weight excluding hydrogens is 570 g/mol. The van der Waals surface area contributed by atoms with E-state index in [9.17, 15) is 27.2 Å². The molecule has 4 aromatic rings. The summed E-state index contributed by atoms with van der Waals surface area (Å²) in [6.45, 7) is 3.59. The Morgan fingerprint density at radius 2 is 1.76 bits per heavy atom. The van der Waals surface area contributed by atoms with Crippen LogP contribution >= 0.6 is 11.6 Å². The summed E-state index contributed by atoms with van der Waals surface area (Å²) in [6, 6.07) is 11.3. The van der Waals surface area contributed by atoms with Gasteiger partial charge in [0.1, 0.15) is 37.0 Å². The quantitative estimate of drug-likeness (QED) is 0.185. The maximum Gasteiger partial charge on any atom is 0.453 e. The van der Waals surface area contributed by atoms with Gasteiger partial charge in [0.25, 0.3) is 5.76 Å². The van der Waals surface area contributed by atoms with Crippen LogP contribution in [0.15, 0.2) is 63.8 Å². The second kappa shape index (κ2) is 11.5. The molecule has 41 heavy (non-hydrogen) atoms. The molecule has 0 atom stereocenters. The molecule has 0 bridgehead atoms. The van der Waals surface area contributed by atoms with Gasteiger partial charge in [-0.2, -0.15) is 13.2 Å². The first-order chi connectivity index (χ1) is 19.5. The third kappa shape index (κ3) is 6.22. The van der Waals surface area contributed by atoms with Crippen LogP contribution in [0, 0.1) is 12.7 Å². The van der Waals surface area contributed by atoms with E-state index in [1.54, 1.807) is 6.92 Å². The zero-order valence-corrected chi connectivity index (χ0v) is 22.3. The van der Waals surface area contributed by atoms with E-state index < -0.39 is 34.9 Å². The molecule has 0 amide bonds. The molecule has 5 rings (SSSR count). The molecule has 1 fully saturated rings. The van der Waals surface area contributed by atoms with Crippen LogP contribution in [-0.4, -0.2) is 32.3 Å². The van der Waals surface area contributed by atoms with E-state index >= 15 is 0 Å². The largest absolute Gasteiger partial charge is 0.453 e. The van der Waals surface area contributed by atoms with Crippen molar-refractivity contribution in [3.05, 3.63) is 98.1 Å². The standard InChI is InChI=1S/C29H22ClF4NO6/c1-16-14-19(6-8-22(16)30)39-26-24(36)20-7-9-23(40-28(37)17-2-4-18(31)5-3-17)21(15-35-10-12-38-13-11-35)25(20)41-27(26)29(32,33)34/h2-9,14H,10-13,15H2,1H3/p+1. The van der Waals surface area contributed by atoms with Crippen LogP contribution in [0.1, 0.15) is 27.2 Å². The van der Waals surface area contributed by atoms with Gasteiger partial charge in [-0.1, -0.05) is 11.6 Å². The number of fused-ring (bicyclic) bond motifs is 1.